The number of phenolic OH excluding ortho intramolecular Hbond substituents is 1. The highest BCUT2D eigenvalue weighted by Crippen LogP contribution is 2.34. The van der Waals surface area contributed by atoms with Crippen molar-refractivity contribution in [3.8, 4) is 28.3 Å². The number of hydrogen-bond donors (Lipinski definition) is 2. The van der Waals surface area contributed by atoms with Gasteiger partial charge in [-0.3, -0.25) is 15.0 Å². The van der Waals surface area contributed by atoms with Crippen molar-refractivity contribution in [3.63, 3.8) is 0 Å². The molecule has 2 N–H and O–H groups in total. The molecule has 1 amide bonds. The van der Waals surface area contributed by atoms with E-state index in [-0.39, 0.29) is 29.3 Å². The first-order valence-electron chi connectivity index (χ1n) is 11.0. The summed E-state index contributed by atoms with van der Waals surface area (Å²) in [5, 5.41) is 13.9. The maximum Gasteiger partial charge on any atom is 0.240 e. The van der Waals surface area contributed by atoms with E-state index in [4.69, 9.17) is 16.3 Å². The van der Waals surface area contributed by atoms with Gasteiger partial charge in [0, 0.05) is 29.6 Å². The third-order valence-electron chi connectivity index (χ3n) is 5.63. The highest BCUT2D eigenvalue weighted by atomic mass is 35.5. The summed E-state index contributed by atoms with van der Waals surface area (Å²) < 4.78 is 19.2. The van der Waals surface area contributed by atoms with Gasteiger partial charge in [-0.25, -0.2) is 19.3 Å². The van der Waals surface area contributed by atoms with Crippen LogP contribution in [0.5, 0.6) is 5.75 Å². The molecule has 4 aromatic rings. The zero-order valence-corrected chi connectivity index (χ0v) is 19.3. The summed E-state index contributed by atoms with van der Waals surface area (Å²) >= 11 is 6.47. The predicted octanol–water partition coefficient (Wildman–Crippen LogP) is 4.13. The lowest BCUT2D eigenvalue weighted by atomic mass is 10.1. The van der Waals surface area contributed by atoms with Crippen LogP contribution < -0.4 is 5.32 Å². The van der Waals surface area contributed by atoms with Crippen molar-refractivity contribution in [2.24, 2.45) is 0 Å². The summed E-state index contributed by atoms with van der Waals surface area (Å²) in [6.07, 6.45) is 0. The smallest absolute Gasteiger partial charge is 0.240 e. The van der Waals surface area contributed by atoms with Crippen molar-refractivity contribution in [3.05, 3.63) is 65.6 Å². The number of carbonyl (C=O) groups excluding carboxylic acids is 1. The fourth-order valence-electron chi connectivity index (χ4n) is 3.90. The maximum atomic E-state index is 13.8. The first-order chi connectivity index (χ1) is 17.0. The number of anilines is 1. The second-order valence-electron chi connectivity index (χ2n) is 8.08. The molecule has 2 aromatic carbocycles. The van der Waals surface area contributed by atoms with Crippen LogP contribution in [0, 0.1) is 5.82 Å². The Labute approximate surface area is 205 Å². The monoisotopic (exact) mass is 493 g/mol. The number of carbonyl (C=O) groups is 1. The number of amides is 1. The number of aromatic hydroxyl groups is 1. The van der Waals surface area contributed by atoms with Crippen molar-refractivity contribution < 1.29 is 19.0 Å². The van der Waals surface area contributed by atoms with Crippen molar-refractivity contribution in [2.45, 2.75) is 0 Å². The van der Waals surface area contributed by atoms with E-state index in [0.29, 0.717) is 59.7 Å². The lowest BCUT2D eigenvalue weighted by Gasteiger charge is -2.25. The van der Waals surface area contributed by atoms with Crippen molar-refractivity contribution in [2.75, 3.05) is 38.2 Å². The standard InChI is InChI=1S/C25H21ClFN5O3/c26-24-18(12-15-11-16(27)5-6-19(15)28-24)21-13-20(17-3-1-2-4-22(17)33)29-25(30-21)31-23(34)14-32-7-9-35-10-8-32/h1-6,11-13,33H,7-10,14H2,(H,29,30,31,34). The van der Waals surface area contributed by atoms with Gasteiger partial charge in [-0.15, -0.1) is 0 Å². The Morgan fingerprint density at radius 3 is 2.54 bits per heavy atom. The van der Waals surface area contributed by atoms with Crippen molar-refractivity contribution >= 4 is 34.4 Å². The van der Waals surface area contributed by atoms with E-state index in [1.54, 1.807) is 42.5 Å². The van der Waals surface area contributed by atoms with Crippen LogP contribution in [0.15, 0.2) is 54.6 Å². The first-order valence-corrected chi connectivity index (χ1v) is 11.4. The van der Waals surface area contributed by atoms with Gasteiger partial charge in [-0.1, -0.05) is 23.7 Å². The number of phenols is 1. The van der Waals surface area contributed by atoms with E-state index < -0.39 is 5.82 Å². The molecule has 0 spiro atoms. The minimum Gasteiger partial charge on any atom is -0.507 e. The molecule has 0 radical (unpaired) electrons. The van der Waals surface area contributed by atoms with E-state index in [2.05, 4.69) is 20.3 Å². The summed E-state index contributed by atoms with van der Waals surface area (Å²) in [6, 6.07) is 14.3. The molecule has 0 atom stereocenters. The Kier molecular flexibility index (Phi) is 6.54. The van der Waals surface area contributed by atoms with E-state index in [9.17, 15) is 14.3 Å². The summed E-state index contributed by atoms with van der Waals surface area (Å²) in [7, 11) is 0. The molecule has 8 nitrogen and oxygen atoms in total. The number of rotatable bonds is 5. The normalized spacial score (nSPS) is 14.2. The fraction of sp³-hybridized carbons (Fsp3) is 0.200. The number of pyridine rings is 1. The van der Waals surface area contributed by atoms with E-state index in [1.807, 2.05) is 4.90 Å². The first kappa shape index (κ1) is 23.1. The van der Waals surface area contributed by atoms with E-state index >= 15 is 0 Å². The molecule has 0 bridgehead atoms. The minimum absolute atomic E-state index is 0.0209. The summed E-state index contributed by atoms with van der Waals surface area (Å²) in [5.74, 6) is -0.611. The molecule has 5 rings (SSSR count). The minimum atomic E-state index is -0.402. The van der Waals surface area contributed by atoms with Gasteiger partial charge in [-0.2, -0.15) is 0 Å². The van der Waals surface area contributed by atoms with Gasteiger partial charge in [0.2, 0.25) is 11.9 Å². The average molecular weight is 494 g/mol. The van der Waals surface area contributed by atoms with Gasteiger partial charge < -0.3 is 9.84 Å². The molecule has 0 unspecified atom stereocenters. The zero-order chi connectivity index (χ0) is 24.4. The molecule has 1 saturated heterocycles. The largest absolute Gasteiger partial charge is 0.507 e. The van der Waals surface area contributed by atoms with Crippen LogP contribution >= 0.6 is 11.6 Å². The lowest BCUT2D eigenvalue weighted by Crippen LogP contribution is -2.41. The predicted molar refractivity (Wildman–Crippen MR) is 131 cm³/mol. The van der Waals surface area contributed by atoms with Crippen LogP contribution in [-0.2, 0) is 9.53 Å². The summed E-state index contributed by atoms with van der Waals surface area (Å²) in [4.78, 5) is 28.0. The molecular formula is C25H21ClFN5O3. The fourth-order valence-corrected chi connectivity index (χ4v) is 4.14. The van der Waals surface area contributed by atoms with Gasteiger partial charge in [0.1, 0.15) is 16.7 Å². The number of ether oxygens (including phenoxy) is 1. The Hall–Kier alpha value is -3.66. The highest BCUT2D eigenvalue weighted by Gasteiger charge is 2.18. The molecule has 3 heterocycles. The second-order valence-corrected chi connectivity index (χ2v) is 8.44. The van der Waals surface area contributed by atoms with E-state index in [1.165, 1.54) is 12.1 Å². The molecular weight excluding hydrogens is 473 g/mol. The topological polar surface area (TPSA) is 100 Å². The van der Waals surface area contributed by atoms with Gasteiger partial charge in [0.05, 0.1) is 36.7 Å². The number of fused-ring (bicyclic) bond motifs is 1. The van der Waals surface area contributed by atoms with Crippen LogP contribution in [0.1, 0.15) is 0 Å². The maximum absolute atomic E-state index is 13.8. The van der Waals surface area contributed by atoms with Gasteiger partial charge in [0.25, 0.3) is 0 Å². The number of benzene rings is 2. The molecule has 10 heteroatoms. The Balaban J connectivity index is 1.56. The lowest BCUT2D eigenvalue weighted by molar-refractivity contribution is -0.118. The van der Waals surface area contributed by atoms with Crippen LogP contribution in [0.2, 0.25) is 5.15 Å². The quantitative estimate of drug-likeness (QED) is 0.403. The van der Waals surface area contributed by atoms with Crippen LogP contribution in [0.3, 0.4) is 0 Å². The Morgan fingerprint density at radius 2 is 1.77 bits per heavy atom. The van der Waals surface area contributed by atoms with Gasteiger partial charge in [-0.05, 0) is 42.5 Å². The molecule has 0 saturated carbocycles. The number of hydrogen-bond acceptors (Lipinski definition) is 7. The molecule has 35 heavy (non-hydrogen) atoms. The molecule has 1 fully saturated rings. The van der Waals surface area contributed by atoms with E-state index in [0.717, 1.165) is 0 Å². The molecule has 1 aliphatic heterocycles. The molecule has 2 aromatic heterocycles. The number of nitrogens with one attached hydrogen (secondary N) is 1. The van der Waals surface area contributed by atoms with Crippen molar-refractivity contribution in [1.29, 1.82) is 0 Å². The molecule has 178 valence electrons. The molecule has 0 aliphatic carbocycles. The third-order valence-corrected chi connectivity index (χ3v) is 5.92. The number of morpholine rings is 1. The number of aromatic nitrogens is 3. The SMILES string of the molecule is O=C(CN1CCOCC1)Nc1nc(-c2ccccc2O)cc(-c2cc3cc(F)ccc3nc2Cl)n1. The van der Waals surface area contributed by atoms with Gasteiger partial charge in [0.15, 0.2) is 0 Å². The average Bonchev–Trinajstić information content (AvgIpc) is 2.84. The number of nitrogens with zero attached hydrogens (tertiary/aromatic N) is 4. The molecule has 1 aliphatic rings. The second kappa shape index (κ2) is 9.91. The number of halogens is 2. The van der Waals surface area contributed by atoms with Crippen molar-refractivity contribution in [1.82, 2.24) is 19.9 Å². The van der Waals surface area contributed by atoms with Crippen LogP contribution in [-0.4, -0.2) is 63.7 Å². The Bertz CT molecular complexity index is 1410. The summed E-state index contributed by atoms with van der Waals surface area (Å²) in [6.45, 7) is 2.63. The number of para-hydroxylation sites is 1. The third kappa shape index (κ3) is 5.22. The van der Waals surface area contributed by atoms with Crippen LogP contribution in [0.4, 0.5) is 10.3 Å². The van der Waals surface area contributed by atoms with Gasteiger partial charge >= 0.3 is 0 Å². The highest BCUT2D eigenvalue weighted by molar-refractivity contribution is 6.32. The summed E-state index contributed by atoms with van der Waals surface area (Å²) in [5.41, 5.74) is 2.17. The zero-order valence-electron chi connectivity index (χ0n) is 18.5. The Morgan fingerprint density at radius 1 is 1.03 bits per heavy atom. The van der Waals surface area contributed by atoms with Crippen LogP contribution in [0.25, 0.3) is 33.4 Å².